The average molecular weight is 255 g/mol. The first-order valence-electron chi connectivity index (χ1n) is 5.32. The molecule has 1 amide bonds. The van der Waals surface area contributed by atoms with Crippen LogP contribution in [0.5, 0.6) is 0 Å². The molecule has 0 atom stereocenters. The van der Waals surface area contributed by atoms with Crippen LogP contribution >= 0.6 is 11.6 Å². The van der Waals surface area contributed by atoms with E-state index in [4.69, 9.17) is 17.3 Å². The molecule has 0 heterocycles. The van der Waals surface area contributed by atoms with E-state index < -0.39 is 5.91 Å². The lowest BCUT2D eigenvalue weighted by Gasteiger charge is -2.17. The van der Waals surface area contributed by atoms with Gasteiger partial charge in [-0.15, -0.1) is 0 Å². The Morgan fingerprint density at radius 3 is 2.59 bits per heavy atom. The Morgan fingerprint density at radius 2 is 2.06 bits per heavy atom. The number of amides is 1. The van der Waals surface area contributed by atoms with Crippen LogP contribution in [0.1, 0.15) is 17.3 Å². The minimum atomic E-state index is -0.439. The molecule has 5 heteroatoms. The molecule has 0 unspecified atom stereocenters. The second kappa shape index (κ2) is 6.37. The van der Waals surface area contributed by atoms with Crippen LogP contribution in [-0.4, -0.2) is 36.2 Å². The third kappa shape index (κ3) is 4.54. The van der Waals surface area contributed by atoms with Gasteiger partial charge in [0.25, 0.3) is 0 Å². The van der Waals surface area contributed by atoms with Crippen LogP contribution in [0.3, 0.4) is 0 Å². The van der Waals surface area contributed by atoms with E-state index in [9.17, 15) is 9.59 Å². The molecule has 4 nitrogen and oxygen atoms in total. The largest absolute Gasteiger partial charge is 0.369 e. The van der Waals surface area contributed by atoms with E-state index in [1.165, 1.54) is 0 Å². The smallest absolute Gasteiger partial charge is 0.231 e. The number of Topliss-reactive ketones (excluding diaryl/α,β-unsaturated/α-hetero) is 1. The summed E-state index contributed by atoms with van der Waals surface area (Å²) in [6.45, 7) is 2.71. The molecule has 0 radical (unpaired) electrons. The van der Waals surface area contributed by atoms with Gasteiger partial charge >= 0.3 is 0 Å². The molecule has 0 bridgehead atoms. The molecule has 0 aliphatic rings. The SMILES string of the molecule is CCN(CC(N)=O)CC(=O)c1cccc(Cl)c1. The first-order valence-corrected chi connectivity index (χ1v) is 5.70. The van der Waals surface area contributed by atoms with E-state index in [2.05, 4.69) is 0 Å². The van der Waals surface area contributed by atoms with E-state index in [1.807, 2.05) is 6.92 Å². The highest BCUT2D eigenvalue weighted by Crippen LogP contribution is 2.11. The van der Waals surface area contributed by atoms with E-state index >= 15 is 0 Å². The van der Waals surface area contributed by atoms with E-state index in [1.54, 1.807) is 29.2 Å². The number of likely N-dealkylation sites (N-methyl/N-ethyl adjacent to an activating group) is 1. The number of carbonyl (C=O) groups excluding carboxylic acids is 2. The van der Waals surface area contributed by atoms with Gasteiger partial charge in [0.2, 0.25) is 5.91 Å². The van der Waals surface area contributed by atoms with Gasteiger partial charge in [-0.2, -0.15) is 0 Å². The summed E-state index contributed by atoms with van der Waals surface area (Å²) in [5.74, 6) is -0.513. The highest BCUT2D eigenvalue weighted by Gasteiger charge is 2.13. The Hall–Kier alpha value is -1.39. The van der Waals surface area contributed by atoms with Gasteiger partial charge in [0.05, 0.1) is 13.1 Å². The van der Waals surface area contributed by atoms with Crippen molar-refractivity contribution in [2.45, 2.75) is 6.92 Å². The summed E-state index contributed by atoms with van der Waals surface area (Å²) in [6.07, 6.45) is 0. The van der Waals surface area contributed by atoms with Crippen molar-refractivity contribution < 1.29 is 9.59 Å². The molecule has 0 aliphatic heterocycles. The van der Waals surface area contributed by atoms with Crippen LogP contribution in [0.2, 0.25) is 5.02 Å². The number of benzene rings is 1. The highest BCUT2D eigenvalue weighted by atomic mass is 35.5. The summed E-state index contributed by atoms with van der Waals surface area (Å²) in [4.78, 5) is 24.4. The van der Waals surface area contributed by atoms with Crippen LogP contribution in [0, 0.1) is 0 Å². The predicted molar refractivity (Wildman–Crippen MR) is 67.1 cm³/mol. The molecule has 2 N–H and O–H groups in total. The lowest BCUT2D eigenvalue weighted by atomic mass is 10.1. The van der Waals surface area contributed by atoms with Crippen molar-refractivity contribution >= 4 is 23.3 Å². The molecule has 17 heavy (non-hydrogen) atoms. The molecule has 0 spiro atoms. The number of ketones is 1. The van der Waals surface area contributed by atoms with E-state index in [-0.39, 0.29) is 18.9 Å². The topological polar surface area (TPSA) is 63.4 Å². The zero-order chi connectivity index (χ0) is 12.8. The molecule has 1 aromatic carbocycles. The van der Waals surface area contributed by atoms with Crippen LogP contribution in [0.15, 0.2) is 24.3 Å². The second-order valence-electron chi connectivity index (χ2n) is 3.70. The molecule has 0 saturated heterocycles. The summed E-state index contributed by atoms with van der Waals surface area (Å²) in [7, 11) is 0. The van der Waals surface area contributed by atoms with E-state index in [0.29, 0.717) is 17.1 Å². The third-order valence-corrected chi connectivity index (χ3v) is 2.58. The molecule has 0 saturated carbocycles. The maximum absolute atomic E-state index is 11.9. The molecule has 92 valence electrons. The Kier molecular flexibility index (Phi) is 5.12. The van der Waals surface area contributed by atoms with Gasteiger partial charge in [0, 0.05) is 10.6 Å². The summed E-state index contributed by atoms with van der Waals surface area (Å²) >= 11 is 5.80. The van der Waals surface area contributed by atoms with Crippen molar-refractivity contribution in [1.29, 1.82) is 0 Å². The molecule has 1 rings (SSSR count). The first kappa shape index (κ1) is 13.7. The van der Waals surface area contributed by atoms with Crippen LogP contribution in [0.4, 0.5) is 0 Å². The predicted octanol–water partition coefficient (Wildman–Crippen LogP) is 1.33. The maximum Gasteiger partial charge on any atom is 0.231 e. The fourth-order valence-electron chi connectivity index (χ4n) is 1.46. The average Bonchev–Trinajstić information content (AvgIpc) is 2.27. The van der Waals surface area contributed by atoms with Gasteiger partial charge < -0.3 is 5.73 Å². The van der Waals surface area contributed by atoms with Crippen molar-refractivity contribution in [2.24, 2.45) is 5.73 Å². The minimum absolute atomic E-state index is 0.0735. The molecular weight excluding hydrogens is 240 g/mol. The van der Waals surface area contributed by atoms with Crippen molar-refractivity contribution in [2.75, 3.05) is 19.6 Å². The second-order valence-corrected chi connectivity index (χ2v) is 4.14. The number of carbonyl (C=O) groups is 2. The van der Waals surface area contributed by atoms with Crippen LogP contribution in [0.25, 0.3) is 0 Å². The molecule has 1 aromatic rings. The summed E-state index contributed by atoms with van der Waals surface area (Å²) in [6, 6.07) is 6.74. The lowest BCUT2D eigenvalue weighted by Crippen LogP contribution is -2.37. The summed E-state index contributed by atoms with van der Waals surface area (Å²) < 4.78 is 0. The zero-order valence-corrected chi connectivity index (χ0v) is 10.4. The van der Waals surface area contributed by atoms with Crippen molar-refractivity contribution in [3.63, 3.8) is 0 Å². The molecule has 0 fully saturated rings. The first-order chi connectivity index (χ1) is 8.02. The number of hydrogen-bond donors (Lipinski definition) is 1. The molecule has 0 aliphatic carbocycles. The number of nitrogens with two attached hydrogens (primary N) is 1. The standard InChI is InChI=1S/C12H15ClN2O2/c1-2-15(8-12(14)17)7-11(16)9-4-3-5-10(13)6-9/h3-6H,2,7-8H2,1H3,(H2,14,17). The normalized spacial score (nSPS) is 10.5. The van der Waals surface area contributed by atoms with E-state index in [0.717, 1.165) is 0 Å². The van der Waals surface area contributed by atoms with Gasteiger partial charge in [-0.25, -0.2) is 0 Å². The number of halogens is 1. The van der Waals surface area contributed by atoms with Crippen molar-refractivity contribution in [1.82, 2.24) is 4.90 Å². The fourth-order valence-corrected chi connectivity index (χ4v) is 1.65. The number of nitrogens with zero attached hydrogens (tertiary/aromatic N) is 1. The van der Waals surface area contributed by atoms with Crippen LogP contribution < -0.4 is 5.73 Å². The monoisotopic (exact) mass is 254 g/mol. The lowest BCUT2D eigenvalue weighted by molar-refractivity contribution is -0.118. The van der Waals surface area contributed by atoms with Crippen LogP contribution in [-0.2, 0) is 4.79 Å². The zero-order valence-electron chi connectivity index (χ0n) is 9.65. The maximum atomic E-state index is 11.9. The van der Waals surface area contributed by atoms with Crippen molar-refractivity contribution in [3.8, 4) is 0 Å². The fraction of sp³-hybridized carbons (Fsp3) is 0.333. The number of hydrogen-bond acceptors (Lipinski definition) is 3. The molecule has 0 aromatic heterocycles. The van der Waals surface area contributed by atoms with Gasteiger partial charge in [-0.3, -0.25) is 14.5 Å². The third-order valence-electron chi connectivity index (χ3n) is 2.34. The Bertz CT molecular complexity index is 421. The molecular formula is C12H15ClN2O2. The Morgan fingerprint density at radius 1 is 1.35 bits per heavy atom. The van der Waals surface area contributed by atoms with Gasteiger partial charge in [0.15, 0.2) is 5.78 Å². The summed E-state index contributed by atoms with van der Waals surface area (Å²) in [5, 5.41) is 0.522. The Labute approximate surface area is 105 Å². The van der Waals surface area contributed by atoms with Gasteiger partial charge in [-0.05, 0) is 18.7 Å². The van der Waals surface area contributed by atoms with Gasteiger partial charge in [0.1, 0.15) is 0 Å². The number of rotatable bonds is 6. The Balaban J connectivity index is 2.67. The number of primary amides is 1. The highest BCUT2D eigenvalue weighted by molar-refractivity contribution is 6.31. The quantitative estimate of drug-likeness (QED) is 0.779. The van der Waals surface area contributed by atoms with Gasteiger partial charge in [-0.1, -0.05) is 30.7 Å². The minimum Gasteiger partial charge on any atom is -0.369 e. The summed E-state index contributed by atoms with van der Waals surface area (Å²) in [5.41, 5.74) is 5.64. The van der Waals surface area contributed by atoms with Crippen molar-refractivity contribution in [3.05, 3.63) is 34.9 Å².